The first kappa shape index (κ1) is 22.9. The minimum absolute atomic E-state index is 0.106. The summed E-state index contributed by atoms with van der Waals surface area (Å²) in [5.74, 6) is -0.253. The Morgan fingerprint density at radius 1 is 1.09 bits per heavy atom. The number of hydrogen-bond donors (Lipinski definition) is 0. The lowest BCUT2D eigenvalue weighted by Gasteiger charge is -2.15. The minimum Gasteiger partial charge on any atom is -0.464 e. The fourth-order valence-electron chi connectivity index (χ4n) is 3.90. The van der Waals surface area contributed by atoms with Crippen molar-refractivity contribution in [1.82, 2.24) is 14.7 Å². The Morgan fingerprint density at radius 2 is 1.91 bits per heavy atom. The first-order chi connectivity index (χ1) is 16.5. The van der Waals surface area contributed by atoms with Gasteiger partial charge >= 0.3 is 5.97 Å². The maximum Gasteiger partial charge on any atom is 0.310 e. The monoisotopic (exact) mass is 456 g/mol. The smallest absolute Gasteiger partial charge is 0.310 e. The molecule has 8 heteroatoms. The fourth-order valence-corrected chi connectivity index (χ4v) is 3.90. The van der Waals surface area contributed by atoms with E-state index in [9.17, 15) is 14.4 Å². The van der Waals surface area contributed by atoms with Gasteiger partial charge in [-0.1, -0.05) is 30.3 Å². The Kier molecular flexibility index (Phi) is 7.13. The van der Waals surface area contributed by atoms with Crippen LogP contribution in [0.3, 0.4) is 0 Å². The van der Waals surface area contributed by atoms with Gasteiger partial charge in [-0.25, -0.2) is 4.68 Å². The molecule has 1 amide bonds. The van der Waals surface area contributed by atoms with Crippen LogP contribution in [-0.2, 0) is 27.2 Å². The van der Waals surface area contributed by atoms with E-state index < -0.39 is 0 Å². The van der Waals surface area contributed by atoms with Crippen LogP contribution < -0.4 is 5.43 Å². The first-order valence-electron chi connectivity index (χ1n) is 11.1. The van der Waals surface area contributed by atoms with Crippen molar-refractivity contribution in [2.45, 2.75) is 25.7 Å². The van der Waals surface area contributed by atoms with Crippen molar-refractivity contribution in [2.75, 3.05) is 19.7 Å². The number of carbonyl (C=O) groups excluding carboxylic acids is 2. The predicted octanol–water partition coefficient (Wildman–Crippen LogP) is 2.40. The molecular formula is C26H24N4O4. The number of amides is 1. The number of ether oxygens (including phenoxy) is 1. The second-order valence-electron chi connectivity index (χ2n) is 8.11. The van der Waals surface area contributed by atoms with Crippen molar-refractivity contribution in [3.8, 4) is 11.8 Å². The van der Waals surface area contributed by atoms with Gasteiger partial charge in [-0.3, -0.25) is 14.4 Å². The Balaban J connectivity index is 1.40. The number of rotatable bonds is 8. The molecule has 0 radical (unpaired) electrons. The molecule has 0 bridgehead atoms. The average molecular weight is 457 g/mol. The fraction of sp³-hybridized carbons (Fsp3) is 0.269. The van der Waals surface area contributed by atoms with Gasteiger partial charge in [0.2, 0.25) is 11.3 Å². The Labute approximate surface area is 197 Å². The minimum atomic E-state index is -0.360. The van der Waals surface area contributed by atoms with Crippen LogP contribution >= 0.6 is 0 Å². The number of nitriles is 1. The lowest BCUT2D eigenvalue weighted by atomic mass is 10.0. The molecule has 172 valence electrons. The van der Waals surface area contributed by atoms with Gasteiger partial charge in [0.1, 0.15) is 12.3 Å². The van der Waals surface area contributed by atoms with Gasteiger partial charge in [-0.15, -0.1) is 0 Å². The zero-order valence-electron chi connectivity index (χ0n) is 18.6. The van der Waals surface area contributed by atoms with Crippen molar-refractivity contribution in [1.29, 1.82) is 5.26 Å². The number of benzene rings is 2. The van der Waals surface area contributed by atoms with Crippen LogP contribution in [0.2, 0.25) is 0 Å². The molecule has 4 rings (SSSR count). The third kappa shape index (κ3) is 5.75. The molecule has 3 aromatic rings. The summed E-state index contributed by atoms with van der Waals surface area (Å²) < 4.78 is 6.87. The second-order valence-corrected chi connectivity index (χ2v) is 8.11. The van der Waals surface area contributed by atoms with Crippen LogP contribution in [0.1, 0.15) is 35.2 Å². The molecular weight excluding hydrogens is 432 g/mol. The van der Waals surface area contributed by atoms with E-state index in [0.29, 0.717) is 36.3 Å². The van der Waals surface area contributed by atoms with Crippen molar-refractivity contribution in [3.05, 3.63) is 93.4 Å². The standard InChI is InChI=1S/C26H24N4O4/c27-18-21-6-2-7-22(15-21)30-11-9-24(31)23(28-30)16-19-4-1-5-20(14-19)17-26(33)34-13-12-29-10-3-8-25(29)32/h1-2,4-7,9,11,14-15H,3,8,10,12-13,16-17H2. The first-order valence-corrected chi connectivity index (χ1v) is 11.1. The second kappa shape index (κ2) is 10.6. The molecule has 1 aliphatic heterocycles. The molecule has 2 aromatic carbocycles. The van der Waals surface area contributed by atoms with E-state index in [1.807, 2.05) is 30.3 Å². The zero-order chi connectivity index (χ0) is 23.9. The molecule has 1 fully saturated rings. The van der Waals surface area contributed by atoms with Gasteiger partial charge in [0.05, 0.1) is 30.3 Å². The largest absolute Gasteiger partial charge is 0.464 e. The number of hydrogen-bond acceptors (Lipinski definition) is 6. The van der Waals surface area contributed by atoms with E-state index in [4.69, 9.17) is 10.00 Å². The third-order valence-corrected chi connectivity index (χ3v) is 5.63. The van der Waals surface area contributed by atoms with Gasteiger partial charge in [-0.2, -0.15) is 10.4 Å². The molecule has 1 saturated heterocycles. The van der Waals surface area contributed by atoms with Gasteiger partial charge in [0.25, 0.3) is 0 Å². The van der Waals surface area contributed by atoms with Gasteiger partial charge in [-0.05, 0) is 35.7 Å². The molecule has 2 heterocycles. The molecule has 1 aromatic heterocycles. The highest BCUT2D eigenvalue weighted by molar-refractivity contribution is 5.78. The highest BCUT2D eigenvalue weighted by Gasteiger charge is 2.20. The van der Waals surface area contributed by atoms with E-state index >= 15 is 0 Å². The summed E-state index contributed by atoms with van der Waals surface area (Å²) in [6, 6.07) is 17.9. The van der Waals surface area contributed by atoms with Crippen LogP contribution in [-0.4, -0.2) is 46.3 Å². The van der Waals surface area contributed by atoms with Crippen LogP contribution in [0.15, 0.2) is 65.6 Å². The molecule has 1 aliphatic rings. The summed E-state index contributed by atoms with van der Waals surface area (Å²) in [6.45, 7) is 1.33. The normalized spacial score (nSPS) is 13.0. The number of esters is 1. The third-order valence-electron chi connectivity index (χ3n) is 5.63. The molecule has 34 heavy (non-hydrogen) atoms. The predicted molar refractivity (Wildman–Crippen MR) is 124 cm³/mol. The highest BCUT2D eigenvalue weighted by Crippen LogP contribution is 2.13. The molecule has 0 saturated carbocycles. The Bertz CT molecular complexity index is 1310. The summed E-state index contributed by atoms with van der Waals surface area (Å²) in [4.78, 5) is 38.0. The maximum absolute atomic E-state index is 12.4. The molecule has 0 spiro atoms. The Hall–Kier alpha value is -4.25. The van der Waals surface area contributed by atoms with Crippen LogP contribution in [0, 0.1) is 11.3 Å². The molecule has 0 N–H and O–H groups in total. The summed E-state index contributed by atoms with van der Waals surface area (Å²) in [6.07, 6.45) is 3.40. The number of carbonyl (C=O) groups is 2. The number of nitrogens with zero attached hydrogens (tertiary/aromatic N) is 4. The van der Waals surface area contributed by atoms with Gasteiger partial charge < -0.3 is 9.64 Å². The molecule has 0 aliphatic carbocycles. The molecule has 8 nitrogen and oxygen atoms in total. The van der Waals surface area contributed by atoms with Crippen molar-refractivity contribution >= 4 is 11.9 Å². The van der Waals surface area contributed by atoms with Gasteiger partial charge in [0.15, 0.2) is 0 Å². The maximum atomic E-state index is 12.4. The van der Waals surface area contributed by atoms with Crippen molar-refractivity contribution < 1.29 is 14.3 Å². The van der Waals surface area contributed by atoms with Crippen LogP contribution in [0.5, 0.6) is 0 Å². The SMILES string of the molecule is N#Cc1cccc(-n2ccc(=O)c(Cc3cccc(CC(=O)OCCN4CCCC4=O)c3)n2)c1. The Morgan fingerprint density at radius 3 is 2.71 bits per heavy atom. The van der Waals surface area contributed by atoms with Crippen molar-refractivity contribution in [2.24, 2.45) is 0 Å². The summed E-state index contributed by atoms with van der Waals surface area (Å²) in [7, 11) is 0. The molecule has 0 atom stereocenters. The van der Waals surface area contributed by atoms with E-state index in [1.54, 1.807) is 34.0 Å². The zero-order valence-corrected chi connectivity index (χ0v) is 18.6. The summed E-state index contributed by atoms with van der Waals surface area (Å²) in [5, 5.41) is 13.6. The quantitative estimate of drug-likeness (QED) is 0.482. The lowest BCUT2D eigenvalue weighted by Crippen LogP contribution is -2.29. The van der Waals surface area contributed by atoms with E-state index in [1.165, 1.54) is 6.07 Å². The summed E-state index contributed by atoms with van der Waals surface area (Å²) >= 11 is 0. The number of likely N-dealkylation sites (tertiary alicyclic amines) is 1. The van der Waals surface area contributed by atoms with E-state index in [2.05, 4.69) is 11.2 Å². The topological polar surface area (TPSA) is 105 Å². The van der Waals surface area contributed by atoms with E-state index in [-0.39, 0.29) is 30.3 Å². The van der Waals surface area contributed by atoms with Crippen LogP contribution in [0.4, 0.5) is 0 Å². The summed E-state index contributed by atoms with van der Waals surface area (Å²) in [5.41, 5.74) is 2.99. The van der Waals surface area contributed by atoms with E-state index in [0.717, 1.165) is 24.1 Å². The van der Waals surface area contributed by atoms with Crippen molar-refractivity contribution in [3.63, 3.8) is 0 Å². The number of aromatic nitrogens is 2. The lowest BCUT2D eigenvalue weighted by molar-refractivity contribution is -0.144. The average Bonchev–Trinajstić information content (AvgIpc) is 3.25. The van der Waals surface area contributed by atoms with Crippen LogP contribution in [0.25, 0.3) is 5.69 Å². The van der Waals surface area contributed by atoms with Gasteiger partial charge in [0, 0.05) is 31.6 Å². The molecule has 0 unspecified atom stereocenters. The highest BCUT2D eigenvalue weighted by atomic mass is 16.5.